The molecule has 3 rings (SSSR count). The van der Waals surface area contributed by atoms with E-state index in [9.17, 15) is 24.3 Å². The Morgan fingerprint density at radius 1 is 1.21 bits per heavy atom. The normalized spacial score (nSPS) is 19.2. The highest BCUT2D eigenvalue weighted by Crippen LogP contribution is 2.35. The van der Waals surface area contributed by atoms with Crippen molar-refractivity contribution in [3.63, 3.8) is 0 Å². The van der Waals surface area contributed by atoms with Gasteiger partial charge in [-0.25, -0.2) is 18.7 Å². The van der Waals surface area contributed by atoms with Gasteiger partial charge >= 0.3 is 12.1 Å². The van der Waals surface area contributed by atoms with Crippen molar-refractivity contribution in [1.82, 2.24) is 15.1 Å². The topological polar surface area (TPSA) is 143 Å². The van der Waals surface area contributed by atoms with E-state index in [0.717, 1.165) is 31.7 Å². The smallest absolute Gasteiger partial charge is 0.408 e. The molecule has 3 amide bonds. The number of amides is 3. The Morgan fingerprint density at radius 3 is 2.43 bits per heavy atom. The fourth-order valence-corrected chi connectivity index (χ4v) is 5.37. The summed E-state index contributed by atoms with van der Waals surface area (Å²) in [7, 11) is 0. The first kappa shape index (κ1) is 32.6. The van der Waals surface area contributed by atoms with Crippen molar-refractivity contribution in [2.45, 2.75) is 97.4 Å². The van der Waals surface area contributed by atoms with E-state index in [1.54, 1.807) is 44.6 Å². The molecule has 0 aliphatic heterocycles. The van der Waals surface area contributed by atoms with Gasteiger partial charge in [-0.2, -0.15) is 5.10 Å². The quantitative estimate of drug-likeness (QED) is 0.317. The number of hydrogen-bond acceptors (Lipinski definition) is 6. The van der Waals surface area contributed by atoms with E-state index in [2.05, 4.69) is 22.7 Å². The minimum Gasteiger partial charge on any atom is -0.480 e. The average Bonchev–Trinajstić information content (AvgIpc) is 3.39. The van der Waals surface area contributed by atoms with Gasteiger partial charge in [0, 0.05) is 18.5 Å². The standard InChI is InChI=1S/C30H42FN5O6/c1-7-36-24(14-15-32-36)35(17-37)26(20-10-8-18(2)9-11-20)27(38)33-23-13-12-21(16-22(23)31)19(3)25(28(39)40)34-29(41)42-30(4,5)6/h12-20,25-26H,7-11H2,1-6H3,(H,33,38)(H,34,41)(H,39,40)/t18?,19-,20?,25+,26-/m0/s1. The van der Waals surface area contributed by atoms with Crippen LogP contribution in [0.2, 0.25) is 0 Å². The van der Waals surface area contributed by atoms with E-state index in [-0.39, 0.29) is 11.6 Å². The van der Waals surface area contributed by atoms with E-state index < -0.39 is 47.4 Å². The van der Waals surface area contributed by atoms with Gasteiger partial charge in [-0.05, 0) is 70.1 Å². The number of rotatable bonds is 11. The first-order chi connectivity index (χ1) is 19.7. The van der Waals surface area contributed by atoms with Crippen LogP contribution in [0.1, 0.15) is 78.7 Å². The zero-order valence-electron chi connectivity index (χ0n) is 25.1. The Kier molecular flexibility index (Phi) is 10.7. The predicted molar refractivity (Wildman–Crippen MR) is 156 cm³/mol. The minimum atomic E-state index is -1.39. The fourth-order valence-electron chi connectivity index (χ4n) is 5.37. The first-order valence-corrected chi connectivity index (χ1v) is 14.3. The van der Waals surface area contributed by atoms with Crippen molar-refractivity contribution in [3.05, 3.63) is 41.8 Å². The van der Waals surface area contributed by atoms with Crippen LogP contribution in [0.3, 0.4) is 0 Å². The third-order valence-corrected chi connectivity index (χ3v) is 7.66. The number of aliphatic carboxylic acids is 1. The van der Waals surface area contributed by atoms with E-state index in [0.29, 0.717) is 30.3 Å². The van der Waals surface area contributed by atoms with Crippen LogP contribution >= 0.6 is 0 Å². The summed E-state index contributed by atoms with van der Waals surface area (Å²) in [6.07, 6.45) is 4.59. The summed E-state index contributed by atoms with van der Waals surface area (Å²) in [6, 6.07) is 3.38. The molecule has 1 heterocycles. The molecule has 42 heavy (non-hydrogen) atoms. The molecule has 0 saturated heterocycles. The molecule has 0 spiro atoms. The lowest BCUT2D eigenvalue weighted by Crippen LogP contribution is -2.50. The third kappa shape index (κ3) is 8.07. The molecular formula is C30H42FN5O6. The van der Waals surface area contributed by atoms with Crippen molar-refractivity contribution in [1.29, 1.82) is 0 Å². The van der Waals surface area contributed by atoms with Gasteiger partial charge < -0.3 is 20.5 Å². The van der Waals surface area contributed by atoms with E-state index in [1.807, 2.05) is 6.92 Å². The lowest BCUT2D eigenvalue weighted by Gasteiger charge is -2.37. The van der Waals surface area contributed by atoms with Crippen LogP contribution < -0.4 is 15.5 Å². The van der Waals surface area contributed by atoms with Crippen molar-refractivity contribution in [2.24, 2.45) is 11.8 Å². The monoisotopic (exact) mass is 587 g/mol. The van der Waals surface area contributed by atoms with E-state index in [1.165, 1.54) is 17.0 Å². The summed E-state index contributed by atoms with van der Waals surface area (Å²) in [4.78, 5) is 51.7. The Labute approximate surface area is 245 Å². The number of benzene rings is 1. The second-order valence-corrected chi connectivity index (χ2v) is 12.0. The summed E-state index contributed by atoms with van der Waals surface area (Å²) in [5.74, 6) is -2.58. The van der Waals surface area contributed by atoms with Gasteiger partial charge in [0.1, 0.15) is 29.3 Å². The summed E-state index contributed by atoms with van der Waals surface area (Å²) in [6.45, 7) is 11.0. The van der Waals surface area contributed by atoms with Gasteiger partial charge in [0.25, 0.3) is 0 Å². The predicted octanol–water partition coefficient (Wildman–Crippen LogP) is 4.92. The number of halogens is 1. The molecule has 12 heteroatoms. The number of hydrogen-bond donors (Lipinski definition) is 3. The van der Waals surface area contributed by atoms with Crippen LogP contribution in [0.15, 0.2) is 30.5 Å². The SMILES string of the molecule is CCn1nccc1N(C=O)[C@H](C(=O)Nc1ccc([C@H](C)[C@@H](NC(=O)OC(C)(C)C)C(=O)O)cc1F)C1CCC(C)CC1. The number of alkyl carbamates (subject to hydrolysis) is 1. The largest absolute Gasteiger partial charge is 0.480 e. The Balaban J connectivity index is 1.85. The average molecular weight is 588 g/mol. The van der Waals surface area contributed by atoms with Gasteiger partial charge in [-0.15, -0.1) is 0 Å². The number of carboxylic acid groups (broad SMARTS) is 1. The Bertz CT molecular complexity index is 1270. The molecule has 1 aliphatic rings. The molecule has 11 nitrogen and oxygen atoms in total. The molecule has 3 N–H and O–H groups in total. The third-order valence-electron chi connectivity index (χ3n) is 7.66. The number of ether oxygens (including phenoxy) is 1. The van der Waals surface area contributed by atoms with Crippen LogP contribution in [0.4, 0.5) is 20.7 Å². The number of carbonyl (C=O) groups excluding carboxylic acids is 3. The van der Waals surface area contributed by atoms with Gasteiger partial charge in [-0.1, -0.05) is 32.8 Å². The van der Waals surface area contributed by atoms with Gasteiger partial charge in [0.2, 0.25) is 12.3 Å². The lowest BCUT2D eigenvalue weighted by atomic mass is 9.78. The zero-order chi connectivity index (χ0) is 31.2. The highest BCUT2D eigenvalue weighted by atomic mass is 19.1. The Morgan fingerprint density at radius 2 is 1.88 bits per heavy atom. The number of anilines is 2. The van der Waals surface area contributed by atoms with Crippen LogP contribution in [-0.2, 0) is 25.7 Å². The molecular weight excluding hydrogens is 545 g/mol. The molecule has 3 atom stereocenters. The number of aromatic nitrogens is 2. The summed E-state index contributed by atoms with van der Waals surface area (Å²) < 4.78 is 22.2. The van der Waals surface area contributed by atoms with Crippen LogP contribution in [0, 0.1) is 17.7 Å². The molecule has 1 saturated carbocycles. The molecule has 230 valence electrons. The zero-order valence-corrected chi connectivity index (χ0v) is 25.1. The first-order valence-electron chi connectivity index (χ1n) is 14.3. The molecule has 1 aromatic heterocycles. The number of nitrogens with one attached hydrogen (secondary N) is 2. The van der Waals surface area contributed by atoms with Gasteiger partial charge in [-0.3, -0.25) is 14.5 Å². The van der Waals surface area contributed by atoms with E-state index in [4.69, 9.17) is 4.74 Å². The highest BCUT2D eigenvalue weighted by Gasteiger charge is 2.38. The number of carbonyl (C=O) groups is 4. The molecule has 0 bridgehead atoms. The highest BCUT2D eigenvalue weighted by molar-refractivity contribution is 6.00. The molecule has 2 aromatic rings. The second kappa shape index (κ2) is 13.8. The molecule has 1 aromatic carbocycles. The van der Waals surface area contributed by atoms with Gasteiger partial charge in [0.05, 0.1) is 11.9 Å². The lowest BCUT2D eigenvalue weighted by molar-refractivity contribution is -0.140. The van der Waals surface area contributed by atoms with Crippen molar-refractivity contribution in [2.75, 3.05) is 10.2 Å². The number of carboxylic acids is 1. The molecule has 0 unspecified atom stereocenters. The summed E-state index contributed by atoms with van der Waals surface area (Å²) in [5.41, 5.74) is -0.633. The molecule has 0 radical (unpaired) electrons. The Hall–Kier alpha value is -3.96. The molecule has 1 fully saturated rings. The summed E-state index contributed by atoms with van der Waals surface area (Å²) >= 11 is 0. The van der Waals surface area contributed by atoms with Crippen LogP contribution in [-0.4, -0.2) is 57.0 Å². The van der Waals surface area contributed by atoms with Crippen LogP contribution in [0.5, 0.6) is 0 Å². The maximum atomic E-state index is 15.4. The second-order valence-electron chi connectivity index (χ2n) is 12.0. The maximum absolute atomic E-state index is 15.4. The summed E-state index contributed by atoms with van der Waals surface area (Å²) in [5, 5.41) is 19.0. The van der Waals surface area contributed by atoms with Crippen molar-refractivity contribution < 1.29 is 33.4 Å². The molecule has 1 aliphatic carbocycles. The number of nitrogens with zero attached hydrogens (tertiary/aromatic N) is 3. The van der Waals surface area contributed by atoms with Crippen molar-refractivity contribution in [3.8, 4) is 0 Å². The van der Waals surface area contributed by atoms with E-state index >= 15 is 4.39 Å². The maximum Gasteiger partial charge on any atom is 0.408 e. The van der Waals surface area contributed by atoms with Gasteiger partial charge in [0.15, 0.2) is 0 Å². The van der Waals surface area contributed by atoms with Crippen LogP contribution in [0.25, 0.3) is 0 Å². The minimum absolute atomic E-state index is 0.105. The van der Waals surface area contributed by atoms with Crippen molar-refractivity contribution >= 4 is 35.9 Å². The fraction of sp³-hybridized carbons (Fsp3) is 0.567. The number of aryl methyl sites for hydroxylation is 1.